The van der Waals surface area contributed by atoms with Crippen LogP contribution >= 0.6 is 23.2 Å². The Morgan fingerprint density at radius 3 is 2.44 bits per heavy atom. The predicted molar refractivity (Wildman–Crippen MR) is 65.1 cm³/mol. The van der Waals surface area contributed by atoms with Crippen molar-refractivity contribution in [1.82, 2.24) is 0 Å². The molecule has 0 radical (unpaired) electrons. The van der Waals surface area contributed by atoms with Gasteiger partial charge in [-0.25, -0.2) is 0 Å². The van der Waals surface area contributed by atoms with E-state index < -0.39 is 12.6 Å². The van der Waals surface area contributed by atoms with Gasteiger partial charge >= 0.3 is 6.18 Å². The van der Waals surface area contributed by atoms with Crippen molar-refractivity contribution in [2.24, 2.45) is 5.73 Å². The Hall–Kier alpha value is -0.650. The van der Waals surface area contributed by atoms with E-state index in [0.717, 1.165) is 0 Å². The second-order valence-electron chi connectivity index (χ2n) is 3.65. The fourth-order valence-corrected chi connectivity index (χ4v) is 1.96. The molecule has 0 saturated heterocycles. The molecule has 0 aliphatic rings. The van der Waals surface area contributed by atoms with Crippen molar-refractivity contribution >= 4 is 23.2 Å². The molecule has 0 atom stereocenters. The summed E-state index contributed by atoms with van der Waals surface area (Å²) >= 11 is 11.7. The maximum absolute atomic E-state index is 11.9. The lowest BCUT2D eigenvalue weighted by molar-refractivity contribution is -0.136. The first-order chi connectivity index (χ1) is 8.33. The van der Waals surface area contributed by atoms with Crippen molar-refractivity contribution in [1.29, 1.82) is 0 Å². The van der Waals surface area contributed by atoms with E-state index in [2.05, 4.69) is 0 Å². The van der Waals surface area contributed by atoms with Crippen molar-refractivity contribution in [2.75, 3.05) is 6.61 Å². The third-order valence-electron chi connectivity index (χ3n) is 2.16. The quantitative estimate of drug-likeness (QED) is 0.828. The van der Waals surface area contributed by atoms with Crippen molar-refractivity contribution in [3.63, 3.8) is 0 Å². The third-order valence-corrected chi connectivity index (χ3v) is 2.66. The van der Waals surface area contributed by atoms with Crippen molar-refractivity contribution < 1.29 is 17.9 Å². The summed E-state index contributed by atoms with van der Waals surface area (Å²) in [4.78, 5) is 0. The van der Waals surface area contributed by atoms with Gasteiger partial charge in [-0.1, -0.05) is 23.2 Å². The fourth-order valence-electron chi connectivity index (χ4n) is 1.37. The van der Waals surface area contributed by atoms with Crippen LogP contribution in [-0.4, -0.2) is 12.8 Å². The first-order valence-electron chi connectivity index (χ1n) is 5.21. The van der Waals surface area contributed by atoms with Gasteiger partial charge in [0, 0.05) is 23.6 Å². The molecule has 2 N–H and O–H groups in total. The SMILES string of the molecule is NCc1cc(Cl)cc(Cl)c1OCCCC(F)(F)F. The van der Waals surface area contributed by atoms with E-state index in [4.69, 9.17) is 33.7 Å². The molecule has 7 heteroatoms. The van der Waals surface area contributed by atoms with E-state index in [1.807, 2.05) is 0 Å². The van der Waals surface area contributed by atoms with Gasteiger partial charge in [-0.15, -0.1) is 0 Å². The molecule has 0 spiro atoms. The van der Waals surface area contributed by atoms with Gasteiger partial charge in [-0.05, 0) is 18.6 Å². The Kier molecular flexibility index (Phi) is 5.56. The van der Waals surface area contributed by atoms with Crippen LogP contribution in [0.3, 0.4) is 0 Å². The smallest absolute Gasteiger partial charge is 0.389 e. The number of ether oxygens (including phenoxy) is 1. The Morgan fingerprint density at radius 2 is 1.89 bits per heavy atom. The summed E-state index contributed by atoms with van der Waals surface area (Å²) < 4.78 is 41.1. The molecular weight excluding hydrogens is 290 g/mol. The molecular formula is C11H12Cl2F3NO. The number of hydrogen-bond donors (Lipinski definition) is 1. The van der Waals surface area contributed by atoms with Gasteiger partial charge in [0.25, 0.3) is 0 Å². The van der Waals surface area contributed by atoms with Gasteiger partial charge in [0.15, 0.2) is 0 Å². The molecule has 18 heavy (non-hydrogen) atoms. The molecule has 0 aromatic heterocycles. The van der Waals surface area contributed by atoms with Crippen LogP contribution in [0, 0.1) is 0 Å². The van der Waals surface area contributed by atoms with Gasteiger partial charge in [0.2, 0.25) is 0 Å². The molecule has 1 rings (SSSR count). The van der Waals surface area contributed by atoms with Crippen LogP contribution in [0.5, 0.6) is 5.75 Å². The molecule has 2 nitrogen and oxygen atoms in total. The highest BCUT2D eigenvalue weighted by Crippen LogP contribution is 2.32. The Labute approximate surface area is 113 Å². The number of hydrogen-bond acceptors (Lipinski definition) is 2. The van der Waals surface area contributed by atoms with Crippen molar-refractivity contribution in [3.8, 4) is 5.75 Å². The fraction of sp³-hybridized carbons (Fsp3) is 0.455. The Morgan fingerprint density at radius 1 is 1.22 bits per heavy atom. The standard InChI is InChI=1S/C11H12Cl2F3NO/c12-8-4-7(6-17)10(9(13)5-8)18-3-1-2-11(14,15)16/h4-5H,1-3,6,17H2. The minimum atomic E-state index is -4.18. The number of nitrogens with two attached hydrogens (primary N) is 1. The average Bonchev–Trinajstić information content (AvgIpc) is 2.24. The predicted octanol–water partition coefficient (Wildman–Crippen LogP) is 4.17. The minimum Gasteiger partial charge on any atom is -0.492 e. The van der Waals surface area contributed by atoms with E-state index in [-0.39, 0.29) is 24.6 Å². The van der Waals surface area contributed by atoms with Gasteiger partial charge in [-0.2, -0.15) is 13.2 Å². The second-order valence-corrected chi connectivity index (χ2v) is 4.49. The third kappa shape index (κ3) is 4.92. The lowest BCUT2D eigenvalue weighted by Crippen LogP contribution is -2.10. The summed E-state index contributed by atoms with van der Waals surface area (Å²) in [5.74, 6) is 0.297. The molecule has 0 aliphatic carbocycles. The van der Waals surface area contributed by atoms with Gasteiger partial charge in [-0.3, -0.25) is 0 Å². The number of halogens is 5. The highest BCUT2D eigenvalue weighted by atomic mass is 35.5. The topological polar surface area (TPSA) is 35.2 Å². The summed E-state index contributed by atoms with van der Waals surface area (Å²) in [6.45, 7) is 0.0722. The Balaban J connectivity index is 2.62. The molecule has 0 amide bonds. The molecule has 0 saturated carbocycles. The van der Waals surface area contributed by atoms with E-state index in [1.54, 1.807) is 6.07 Å². The summed E-state index contributed by atoms with van der Waals surface area (Å²) in [5.41, 5.74) is 6.05. The number of alkyl halides is 3. The molecule has 1 aromatic rings. The van der Waals surface area contributed by atoms with E-state index in [0.29, 0.717) is 16.3 Å². The molecule has 0 bridgehead atoms. The molecule has 0 heterocycles. The molecule has 0 fully saturated rings. The summed E-state index contributed by atoms with van der Waals surface area (Å²) in [5, 5.41) is 0.651. The molecule has 0 unspecified atom stereocenters. The van der Waals surface area contributed by atoms with Crippen LogP contribution in [0.2, 0.25) is 10.0 Å². The largest absolute Gasteiger partial charge is 0.492 e. The molecule has 1 aromatic carbocycles. The molecule has 102 valence electrons. The van der Waals surface area contributed by atoms with E-state index in [9.17, 15) is 13.2 Å². The average molecular weight is 302 g/mol. The zero-order chi connectivity index (χ0) is 13.8. The van der Waals surface area contributed by atoms with Crippen LogP contribution in [0.15, 0.2) is 12.1 Å². The maximum atomic E-state index is 11.9. The maximum Gasteiger partial charge on any atom is 0.389 e. The van der Waals surface area contributed by atoms with Crippen LogP contribution in [-0.2, 0) is 6.54 Å². The van der Waals surface area contributed by atoms with Crippen molar-refractivity contribution in [2.45, 2.75) is 25.6 Å². The van der Waals surface area contributed by atoms with Crippen LogP contribution in [0.25, 0.3) is 0 Å². The highest BCUT2D eigenvalue weighted by Gasteiger charge is 2.26. The zero-order valence-corrected chi connectivity index (χ0v) is 10.9. The first kappa shape index (κ1) is 15.4. The summed E-state index contributed by atoms with van der Waals surface area (Å²) in [7, 11) is 0. The van der Waals surface area contributed by atoms with Crippen LogP contribution < -0.4 is 10.5 Å². The number of rotatable bonds is 5. The Bertz CT molecular complexity index is 410. The summed E-state index contributed by atoms with van der Waals surface area (Å²) in [6.07, 6.45) is -5.20. The molecule has 0 aliphatic heterocycles. The van der Waals surface area contributed by atoms with Gasteiger partial charge in [0.1, 0.15) is 5.75 Å². The number of benzene rings is 1. The van der Waals surface area contributed by atoms with Gasteiger partial charge in [0.05, 0.1) is 11.6 Å². The highest BCUT2D eigenvalue weighted by molar-refractivity contribution is 6.35. The first-order valence-corrected chi connectivity index (χ1v) is 5.96. The van der Waals surface area contributed by atoms with Crippen LogP contribution in [0.1, 0.15) is 18.4 Å². The van der Waals surface area contributed by atoms with E-state index in [1.165, 1.54) is 6.07 Å². The minimum absolute atomic E-state index is 0.0755. The second kappa shape index (κ2) is 6.50. The summed E-state index contributed by atoms with van der Waals surface area (Å²) in [6, 6.07) is 3.04. The normalized spacial score (nSPS) is 11.7. The zero-order valence-electron chi connectivity index (χ0n) is 9.36. The van der Waals surface area contributed by atoms with Gasteiger partial charge < -0.3 is 10.5 Å². The van der Waals surface area contributed by atoms with Crippen molar-refractivity contribution in [3.05, 3.63) is 27.7 Å². The lowest BCUT2D eigenvalue weighted by atomic mass is 10.2. The monoisotopic (exact) mass is 301 g/mol. The lowest BCUT2D eigenvalue weighted by Gasteiger charge is -2.13. The van der Waals surface area contributed by atoms with Crippen LogP contribution in [0.4, 0.5) is 13.2 Å². The van der Waals surface area contributed by atoms with E-state index >= 15 is 0 Å².